The molecule has 36 heavy (non-hydrogen) atoms. The van der Waals surface area contributed by atoms with Crippen LogP contribution in [0.1, 0.15) is 30.7 Å². The van der Waals surface area contributed by atoms with Crippen molar-refractivity contribution < 1.29 is 14.2 Å². The molecular formula is C28H24ClN4O3+. The van der Waals surface area contributed by atoms with Gasteiger partial charge < -0.3 is 0 Å². The number of amides is 2. The molecule has 0 aliphatic carbocycles. The van der Waals surface area contributed by atoms with E-state index in [9.17, 15) is 14.4 Å². The summed E-state index contributed by atoms with van der Waals surface area (Å²) in [6, 6.07) is 19.5. The van der Waals surface area contributed by atoms with Crippen LogP contribution >= 0.6 is 11.6 Å². The maximum Gasteiger partial charge on any atom is 0.331 e. The molecule has 2 aromatic carbocycles. The van der Waals surface area contributed by atoms with Crippen LogP contribution in [0.25, 0.3) is 17.0 Å². The van der Waals surface area contributed by atoms with Crippen LogP contribution in [0.4, 0.5) is 5.69 Å². The van der Waals surface area contributed by atoms with Crippen molar-refractivity contribution in [2.75, 3.05) is 4.90 Å². The largest absolute Gasteiger partial charge is 0.331 e. The molecule has 0 saturated heterocycles. The number of imide groups is 1. The maximum absolute atomic E-state index is 13.9. The van der Waals surface area contributed by atoms with Crippen LogP contribution in [0.5, 0.6) is 0 Å². The monoisotopic (exact) mass is 499 g/mol. The molecule has 0 fully saturated rings. The molecule has 0 spiro atoms. The number of anilines is 1. The lowest BCUT2D eigenvalue weighted by atomic mass is 10.0. The third-order valence-corrected chi connectivity index (χ3v) is 6.51. The Hall–Kier alpha value is -4.23. The number of hydrogen-bond acceptors (Lipinski definition) is 3. The molecule has 0 unspecified atom stereocenters. The summed E-state index contributed by atoms with van der Waals surface area (Å²) >= 11 is 6.18. The molecule has 8 heteroatoms. The SMILES string of the molecule is CCc1cc[n+](C2=C(c3c(CC)[nH]n(-c4ccccc4)c3=O)C(=O)N(c3cccc(Cl)c3)C2=O)cc1. The number of carbonyl (C=O) groups excluding carboxylic acids is 2. The molecule has 3 heterocycles. The van der Waals surface area contributed by atoms with E-state index in [2.05, 4.69) is 5.10 Å². The summed E-state index contributed by atoms with van der Waals surface area (Å²) < 4.78 is 3.02. The number of rotatable bonds is 6. The van der Waals surface area contributed by atoms with Gasteiger partial charge >= 0.3 is 5.91 Å². The number of aromatic nitrogens is 3. The molecule has 2 amide bonds. The van der Waals surface area contributed by atoms with Crippen molar-refractivity contribution in [1.82, 2.24) is 9.78 Å². The van der Waals surface area contributed by atoms with Gasteiger partial charge in [0.05, 0.1) is 16.9 Å². The van der Waals surface area contributed by atoms with Gasteiger partial charge in [0.1, 0.15) is 5.57 Å². The van der Waals surface area contributed by atoms with Crippen LogP contribution in [0.15, 0.2) is 83.9 Å². The lowest BCUT2D eigenvalue weighted by Gasteiger charge is -2.14. The molecular weight excluding hydrogens is 476 g/mol. The van der Waals surface area contributed by atoms with Crippen LogP contribution in [0.3, 0.4) is 0 Å². The van der Waals surface area contributed by atoms with E-state index in [1.54, 1.807) is 53.4 Å². The first kappa shape index (κ1) is 23.5. The summed E-state index contributed by atoms with van der Waals surface area (Å²) in [5.74, 6) is -1.10. The van der Waals surface area contributed by atoms with E-state index in [1.807, 2.05) is 44.2 Å². The molecule has 1 N–H and O–H groups in total. The fraction of sp³-hybridized carbons (Fsp3) is 0.143. The zero-order valence-electron chi connectivity index (χ0n) is 19.9. The highest BCUT2D eigenvalue weighted by Crippen LogP contribution is 2.34. The third-order valence-electron chi connectivity index (χ3n) is 6.27. The topological polar surface area (TPSA) is 79.1 Å². The van der Waals surface area contributed by atoms with E-state index in [0.29, 0.717) is 28.5 Å². The molecule has 1 aliphatic heterocycles. The molecule has 4 aromatic rings. The number of benzene rings is 2. The first-order chi connectivity index (χ1) is 17.4. The Morgan fingerprint density at radius 1 is 0.833 bits per heavy atom. The smallest absolute Gasteiger partial charge is 0.294 e. The van der Waals surface area contributed by atoms with E-state index >= 15 is 0 Å². The number of nitrogens with zero attached hydrogens (tertiary/aromatic N) is 3. The first-order valence-electron chi connectivity index (χ1n) is 11.7. The van der Waals surface area contributed by atoms with Crippen molar-refractivity contribution >= 4 is 40.4 Å². The predicted octanol–water partition coefficient (Wildman–Crippen LogP) is 4.17. The van der Waals surface area contributed by atoms with E-state index in [0.717, 1.165) is 16.9 Å². The number of H-pyrrole nitrogens is 1. The number of hydrogen-bond donors (Lipinski definition) is 1. The summed E-state index contributed by atoms with van der Waals surface area (Å²) in [5, 5.41) is 3.53. The van der Waals surface area contributed by atoms with Crippen LogP contribution in [-0.4, -0.2) is 21.6 Å². The van der Waals surface area contributed by atoms with E-state index < -0.39 is 17.4 Å². The Bertz CT molecular complexity index is 1570. The minimum Gasteiger partial charge on any atom is -0.294 e. The Morgan fingerprint density at radius 3 is 2.17 bits per heavy atom. The highest BCUT2D eigenvalue weighted by Gasteiger charge is 2.48. The number of pyridine rings is 1. The van der Waals surface area contributed by atoms with Crippen LogP contribution < -0.4 is 15.0 Å². The molecule has 0 atom stereocenters. The Kier molecular flexibility index (Phi) is 6.16. The summed E-state index contributed by atoms with van der Waals surface area (Å²) in [6.07, 6.45) is 4.77. The molecule has 7 nitrogen and oxygen atoms in total. The molecule has 2 aromatic heterocycles. The van der Waals surface area contributed by atoms with Crippen molar-refractivity contribution in [1.29, 1.82) is 0 Å². The molecule has 5 rings (SSSR count). The predicted molar refractivity (Wildman–Crippen MR) is 139 cm³/mol. The molecule has 0 saturated carbocycles. The second-order valence-electron chi connectivity index (χ2n) is 8.41. The minimum atomic E-state index is -0.574. The lowest BCUT2D eigenvalue weighted by Crippen LogP contribution is -2.39. The second kappa shape index (κ2) is 9.43. The van der Waals surface area contributed by atoms with Gasteiger partial charge in [0.15, 0.2) is 12.4 Å². The highest BCUT2D eigenvalue weighted by molar-refractivity contribution is 6.53. The van der Waals surface area contributed by atoms with Gasteiger partial charge in [0, 0.05) is 22.8 Å². The van der Waals surface area contributed by atoms with Crippen LogP contribution in [-0.2, 0) is 22.4 Å². The summed E-state index contributed by atoms with van der Waals surface area (Å²) in [7, 11) is 0. The summed E-state index contributed by atoms with van der Waals surface area (Å²) in [5.41, 5.74) is 2.59. The maximum atomic E-state index is 13.9. The van der Waals surface area contributed by atoms with Gasteiger partial charge in [0.25, 0.3) is 17.2 Å². The molecule has 1 aliphatic rings. The van der Waals surface area contributed by atoms with Gasteiger partial charge in [0.2, 0.25) is 0 Å². The Labute approximate surface area is 212 Å². The van der Waals surface area contributed by atoms with E-state index in [4.69, 9.17) is 11.6 Å². The van der Waals surface area contributed by atoms with Gasteiger partial charge in [-0.1, -0.05) is 49.7 Å². The highest BCUT2D eigenvalue weighted by atomic mass is 35.5. The summed E-state index contributed by atoms with van der Waals surface area (Å²) in [6.45, 7) is 3.93. The Balaban J connectivity index is 1.77. The minimum absolute atomic E-state index is 0.0574. The fourth-order valence-electron chi connectivity index (χ4n) is 4.43. The number of halogens is 1. The van der Waals surface area contributed by atoms with Crippen LogP contribution in [0, 0.1) is 0 Å². The fourth-order valence-corrected chi connectivity index (χ4v) is 4.61. The van der Waals surface area contributed by atoms with Gasteiger partial charge in [-0.05, 0) is 48.7 Å². The standard InChI is InChI=1S/C28H23ClN4O3/c1-3-18-13-15-31(16-14-18)25-24(26(34)32(28(25)36)21-12-8-9-19(29)17-21)23-22(4-2)30-33(27(23)35)20-10-6-5-7-11-20/h5-17H,3-4H2,1-2H3/p+1. The van der Waals surface area contributed by atoms with Crippen molar-refractivity contribution in [3.8, 4) is 5.69 Å². The number of carbonyl (C=O) groups is 2. The molecule has 0 radical (unpaired) electrons. The van der Waals surface area contributed by atoms with Gasteiger partial charge in [-0.15, -0.1) is 0 Å². The number of aromatic amines is 1. The summed E-state index contributed by atoms with van der Waals surface area (Å²) in [4.78, 5) is 42.6. The van der Waals surface area contributed by atoms with Crippen molar-refractivity contribution in [3.63, 3.8) is 0 Å². The van der Waals surface area contributed by atoms with Crippen LogP contribution in [0.2, 0.25) is 5.02 Å². The van der Waals surface area contributed by atoms with Gasteiger partial charge in [-0.3, -0.25) is 19.5 Å². The Morgan fingerprint density at radius 2 is 1.53 bits per heavy atom. The zero-order valence-corrected chi connectivity index (χ0v) is 20.6. The van der Waals surface area contributed by atoms with Gasteiger partial charge in [-0.2, -0.15) is 4.57 Å². The molecule has 0 bridgehead atoms. The second-order valence-corrected chi connectivity index (χ2v) is 8.85. The average Bonchev–Trinajstić information content (AvgIpc) is 3.36. The quantitative estimate of drug-likeness (QED) is 0.319. The van der Waals surface area contributed by atoms with E-state index in [1.165, 1.54) is 4.68 Å². The number of aryl methyl sites for hydroxylation is 2. The lowest BCUT2D eigenvalue weighted by molar-refractivity contribution is -0.576. The van der Waals surface area contributed by atoms with Gasteiger partial charge in [-0.25, -0.2) is 9.58 Å². The average molecular weight is 500 g/mol. The number of para-hydroxylation sites is 1. The van der Waals surface area contributed by atoms with Crippen molar-refractivity contribution in [2.24, 2.45) is 0 Å². The normalized spacial score (nSPS) is 13.7. The van der Waals surface area contributed by atoms with E-state index in [-0.39, 0.29) is 16.8 Å². The number of nitrogens with one attached hydrogen (secondary N) is 1. The van der Waals surface area contributed by atoms with Crippen molar-refractivity contribution in [3.05, 3.63) is 111 Å². The first-order valence-corrected chi connectivity index (χ1v) is 12.1. The molecule has 180 valence electrons. The third kappa shape index (κ3) is 3.87. The zero-order chi connectivity index (χ0) is 25.4. The van der Waals surface area contributed by atoms with Crippen molar-refractivity contribution in [2.45, 2.75) is 26.7 Å².